The van der Waals surface area contributed by atoms with Crippen LogP contribution in [0.3, 0.4) is 0 Å². The van der Waals surface area contributed by atoms with E-state index in [4.69, 9.17) is 4.42 Å². The van der Waals surface area contributed by atoms with Crippen LogP contribution in [-0.2, 0) is 4.79 Å². The molecule has 5 nitrogen and oxygen atoms in total. The Morgan fingerprint density at radius 2 is 2.00 bits per heavy atom. The first-order valence-corrected chi connectivity index (χ1v) is 7.66. The number of carbonyl (C=O) groups is 2. The van der Waals surface area contributed by atoms with Crippen molar-refractivity contribution in [3.63, 3.8) is 0 Å². The lowest BCUT2D eigenvalue weighted by atomic mass is 9.81. The second-order valence-electron chi connectivity index (χ2n) is 6.21. The van der Waals surface area contributed by atoms with Gasteiger partial charge in [0.25, 0.3) is 5.91 Å². The number of carboxylic acids is 1. The van der Waals surface area contributed by atoms with E-state index in [0.29, 0.717) is 23.4 Å². The summed E-state index contributed by atoms with van der Waals surface area (Å²) in [7, 11) is 0. The number of benzene rings is 1. The number of carboxylic acid groups (broad SMARTS) is 1. The average Bonchev–Trinajstić information content (AvgIpc) is 3.03. The largest absolute Gasteiger partial charge is 0.481 e. The van der Waals surface area contributed by atoms with Crippen molar-refractivity contribution in [1.82, 2.24) is 4.90 Å². The number of amides is 1. The molecule has 23 heavy (non-hydrogen) atoms. The minimum Gasteiger partial charge on any atom is -0.481 e. The number of nitrogens with zero attached hydrogens (tertiary/aromatic N) is 1. The topological polar surface area (TPSA) is 70.8 Å². The van der Waals surface area contributed by atoms with Gasteiger partial charge in [-0.3, -0.25) is 9.59 Å². The minimum absolute atomic E-state index is 0.145. The molecule has 2 atom stereocenters. The highest BCUT2D eigenvalue weighted by atomic mass is 16.4. The van der Waals surface area contributed by atoms with E-state index in [9.17, 15) is 14.7 Å². The van der Waals surface area contributed by atoms with Crippen LogP contribution in [0.2, 0.25) is 0 Å². The quantitative estimate of drug-likeness (QED) is 0.940. The number of hydrogen-bond acceptors (Lipinski definition) is 3. The summed E-state index contributed by atoms with van der Waals surface area (Å²) >= 11 is 0. The number of hydrogen-bond donors (Lipinski definition) is 1. The van der Waals surface area contributed by atoms with E-state index in [-0.39, 0.29) is 11.8 Å². The average molecular weight is 313 g/mol. The Hall–Kier alpha value is -2.56. The highest BCUT2D eigenvalue weighted by molar-refractivity contribution is 6.00. The van der Waals surface area contributed by atoms with Crippen molar-refractivity contribution in [3.05, 3.63) is 59.5 Å². The highest BCUT2D eigenvalue weighted by Crippen LogP contribution is 2.43. The standard InChI is InChI=1S/C18H19NO4/c1-11(2)10-19-16(14-8-5-9-23-14)15(18(21)22)12-6-3-4-7-13(12)17(19)20/h3-9,11,15-16H,10H2,1-2H3,(H,21,22). The van der Waals surface area contributed by atoms with Crippen LogP contribution in [-0.4, -0.2) is 28.4 Å². The third-order valence-corrected chi connectivity index (χ3v) is 4.10. The molecular weight excluding hydrogens is 294 g/mol. The van der Waals surface area contributed by atoms with E-state index in [0.717, 1.165) is 0 Å². The lowest BCUT2D eigenvalue weighted by Gasteiger charge is -2.40. The van der Waals surface area contributed by atoms with Gasteiger partial charge in [-0.15, -0.1) is 0 Å². The zero-order valence-electron chi connectivity index (χ0n) is 13.1. The number of aliphatic carboxylic acids is 1. The molecule has 0 spiro atoms. The molecule has 0 radical (unpaired) electrons. The first-order chi connectivity index (χ1) is 11.0. The van der Waals surface area contributed by atoms with Crippen LogP contribution >= 0.6 is 0 Å². The first-order valence-electron chi connectivity index (χ1n) is 7.66. The zero-order chi connectivity index (χ0) is 16.6. The van der Waals surface area contributed by atoms with Gasteiger partial charge in [-0.1, -0.05) is 32.0 Å². The van der Waals surface area contributed by atoms with Gasteiger partial charge in [0.1, 0.15) is 17.7 Å². The van der Waals surface area contributed by atoms with Gasteiger partial charge in [-0.25, -0.2) is 0 Å². The number of carbonyl (C=O) groups excluding carboxylic acids is 1. The van der Waals surface area contributed by atoms with Crippen LogP contribution < -0.4 is 0 Å². The fourth-order valence-corrected chi connectivity index (χ4v) is 3.23. The van der Waals surface area contributed by atoms with Gasteiger partial charge in [0.05, 0.1) is 6.26 Å². The van der Waals surface area contributed by atoms with Gasteiger partial charge in [0.15, 0.2) is 0 Å². The Bertz CT molecular complexity index is 720. The maximum absolute atomic E-state index is 12.9. The van der Waals surface area contributed by atoms with Crippen molar-refractivity contribution < 1.29 is 19.1 Å². The number of rotatable bonds is 4. The second kappa shape index (κ2) is 5.91. The molecule has 1 aliphatic heterocycles. The SMILES string of the molecule is CC(C)CN1C(=O)c2ccccc2C(C(=O)O)C1c1ccco1. The molecule has 0 bridgehead atoms. The van der Waals surface area contributed by atoms with Crippen molar-refractivity contribution in [2.75, 3.05) is 6.54 Å². The van der Waals surface area contributed by atoms with E-state index in [1.807, 2.05) is 13.8 Å². The summed E-state index contributed by atoms with van der Waals surface area (Å²) < 4.78 is 5.47. The predicted molar refractivity (Wildman–Crippen MR) is 84.1 cm³/mol. The molecular formula is C18H19NO4. The Morgan fingerprint density at radius 1 is 1.26 bits per heavy atom. The molecule has 2 unspecified atom stereocenters. The zero-order valence-corrected chi connectivity index (χ0v) is 13.1. The maximum atomic E-state index is 12.9. The van der Waals surface area contributed by atoms with Crippen molar-refractivity contribution >= 4 is 11.9 Å². The summed E-state index contributed by atoms with van der Waals surface area (Å²) in [4.78, 5) is 26.5. The van der Waals surface area contributed by atoms with Crippen LogP contribution in [0.15, 0.2) is 47.1 Å². The Balaban J connectivity index is 2.19. The van der Waals surface area contributed by atoms with Gasteiger partial charge >= 0.3 is 5.97 Å². The molecule has 120 valence electrons. The summed E-state index contributed by atoms with van der Waals surface area (Å²) in [6.07, 6.45) is 1.51. The molecule has 0 saturated carbocycles. The van der Waals surface area contributed by atoms with E-state index < -0.39 is 17.9 Å². The molecule has 2 heterocycles. The smallest absolute Gasteiger partial charge is 0.313 e. The van der Waals surface area contributed by atoms with Gasteiger partial charge in [0, 0.05) is 12.1 Å². The molecule has 1 amide bonds. The van der Waals surface area contributed by atoms with E-state index in [2.05, 4.69) is 0 Å². The van der Waals surface area contributed by atoms with Crippen LogP contribution in [0.25, 0.3) is 0 Å². The van der Waals surface area contributed by atoms with Crippen LogP contribution in [0, 0.1) is 5.92 Å². The van der Waals surface area contributed by atoms with Gasteiger partial charge in [0.2, 0.25) is 0 Å². The Kier molecular flexibility index (Phi) is 3.94. The number of furan rings is 1. The van der Waals surface area contributed by atoms with Crippen LogP contribution in [0.5, 0.6) is 0 Å². The summed E-state index contributed by atoms with van der Waals surface area (Å²) in [5.74, 6) is -1.22. The summed E-state index contributed by atoms with van der Waals surface area (Å²) in [6.45, 7) is 4.48. The van der Waals surface area contributed by atoms with Crippen molar-refractivity contribution in [1.29, 1.82) is 0 Å². The molecule has 0 saturated heterocycles. The third-order valence-electron chi connectivity index (χ3n) is 4.10. The molecule has 5 heteroatoms. The molecule has 1 aromatic heterocycles. The van der Waals surface area contributed by atoms with Crippen LogP contribution in [0.4, 0.5) is 0 Å². The minimum atomic E-state index is -0.958. The molecule has 1 N–H and O–H groups in total. The fourth-order valence-electron chi connectivity index (χ4n) is 3.23. The summed E-state index contributed by atoms with van der Waals surface area (Å²) in [6, 6.07) is 9.75. The molecule has 2 aromatic rings. The van der Waals surface area contributed by atoms with Gasteiger partial charge in [-0.2, -0.15) is 0 Å². The lowest BCUT2D eigenvalue weighted by Crippen LogP contribution is -2.46. The van der Waals surface area contributed by atoms with Gasteiger partial charge in [-0.05, 0) is 29.7 Å². The van der Waals surface area contributed by atoms with E-state index in [1.54, 1.807) is 41.3 Å². The fraction of sp³-hybridized carbons (Fsp3) is 0.333. The van der Waals surface area contributed by atoms with Crippen molar-refractivity contribution in [3.8, 4) is 0 Å². The molecule has 1 aromatic carbocycles. The summed E-state index contributed by atoms with van der Waals surface area (Å²) in [5.41, 5.74) is 1.01. The molecule has 3 rings (SSSR count). The van der Waals surface area contributed by atoms with E-state index >= 15 is 0 Å². The highest BCUT2D eigenvalue weighted by Gasteiger charge is 2.45. The first kappa shape index (κ1) is 15.3. The summed E-state index contributed by atoms with van der Waals surface area (Å²) in [5, 5.41) is 9.81. The monoisotopic (exact) mass is 313 g/mol. The maximum Gasteiger partial charge on any atom is 0.313 e. The molecule has 0 fully saturated rings. The normalized spacial score (nSPS) is 20.7. The molecule has 1 aliphatic rings. The van der Waals surface area contributed by atoms with E-state index in [1.165, 1.54) is 6.26 Å². The molecule has 0 aliphatic carbocycles. The van der Waals surface area contributed by atoms with Gasteiger partial charge < -0.3 is 14.4 Å². The second-order valence-corrected chi connectivity index (χ2v) is 6.21. The Labute approximate surface area is 134 Å². The lowest BCUT2D eigenvalue weighted by molar-refractivity contribution is -0.141. The van der Waals surface area contributed by atoms with Crippen molar-refractivity contribution in [2.24, 2.45) is 5.92 Å². The predicted octanol–water partition coefficient (Wildman–Crippen LogP) is 3.30. The third kappa shape index (κ3) is 2.63. The Morgan fingerprint density at radius 3 is 2.61 bits per heavy atom. The van der Waals surface area contributed by atoms with Crippen LogP contribution in [0.1, 0.15) is 47.5 Å². The number of fused-ring (bicyclic) bond motifs is 1. The van der Waals surface area contributed by atoms with Crippen molar-refractivity contribution in [2.45, 2.75) is 25.8 Å².